The molecule has 2 atom stereocenters. The molecular weight excluding hydrogens is 227 g/mol. The van der Waals surface area contributed by atoms with Crippen molar-refractivity contribution in [1.82, 2.24) is 0 Å². The van der Waals surface area contributed by atoms with E-state index < -0.39 is 6.17 Å². The van der Waals surface area contributed by atoms with Gasteiger partial charge in [0, 0.05) is 0 Å². The summed E-state index contributed by atoms with van der Waals surface area (Å²) in [7, 11) is 0. The van der Waals surface area contributed by atoms with E-state index in [1.165, 1.54) is 5.56 Å². The number of hydrogen-bond donors (Lipinski definition) is 0. The maximum absolute atomic E-state index is 13.6. The zero-order chi connectivity index (χ0) is 13.5. The van der Waals surface area contributed by atoms with Gasteiger partial charge in [0.05, 0.1) is 0 Å². The molecule has 0 radical (unpaired) electrons. The molecule has 18 heavy (non-hydrogen) atoms. The van der Waals surface area contributed by atoms with Crippen molar-refractivity contribution >= 4 is 0 Å². The van der Waals surface area contributed by atoms with Gasteiger partial charge in [-0.25, -0.2) is 4.39 Å². The van der Waals surface area contributed by atoms with Crippen molar-refractivity contribution in [2.24, 2.45) is 5.92 Å². The highest BCUT2D eigenvalue weighted by molar-refractivity contribution is 5.27. The van der Waals surface area contributed by atoms with Gasteiger partial charge in [-0.3, -0.25) is 0 Å². The first kappa shape index (κ1) is 15.0. The van der Waals surface area contributed by atoms with E-state index in [9.17, 15) is 4.39 Å². The van der Waals surface area contributed by atoms with Crippen molar-refractivity contribution in [2.45, 2.75) is 59.2 Å². The van der Waals surface area contributed by atoms with Crippen LogP contribution in [0, 0.1) is 5.92 Å². The number of hydrogen-bond acceptors (Lipinski definition) is 1. The summed E-state index contributed by atoms with van der Waals surface area (Å²) in [5, 5.41) is 0. The van der Waals surface area contributed by atoms with E-state index in [1.807, 2.05) is 26.0 Å². The molecule has 2 heteroatoms. The molecule has 0 fully saturated rings. The summed E-state index contributed by atoms with van der Waals surface area (Å²) in [6.45, 7) is 8.21. The Labute approximate surface area is 110 Å². The molecule has 0 spiro atoms. The van der Waals surface area contributed by atoms with Crippen LogP contribution in [0.1, 0.15) is 46.1 Å². The molecule has 0 heterocycles. The summed E-state index contributed by atoms with van der Waals surface area (Å²) >= 11 is 0. The lowest BCUT2D eigenvalue weighted by Gasteiger charge is -2.20. The van der Waals surface area contributed by atoms with E-state index in [2.05, 4.69) is 26.0 Å². The van der Waals surface area contributed by atoms with Crippen LogP contribution in [-0.2, 0) is 6.42 Å². The Bertz CT molecular complexity index is 331. The first-order valence-electron chi connectivity index (χ1n) is 6.96. The second kappa shape index (κ2) is 7.40. The van der Waals surface area contributed by atoms with Crippen molar-refractivity contribution in [1.29, 1.82) is 0 Å². The van der Waals surface area contributed by atoms with Crippen molar-refractivity contribution < 1.29 is 9.13 Å². The van der Waals surface area contributed by atoms with E-state index in [0.717, 1.165) is 12.2 Å². The van der Waals surface area contributed by atoms with Crippen LogP contribution in [0.3, 0.4) is 0 Å². The van der Waals surface area contributed by atoms with Crippen LogP contribution in [-0.4, -0.2) is 12.3 Å². The second-order valence-electron chi connectivity index (χ2n) is 5.23. The van der Waals surface area contributed by atoms with E-state index in [0.29, 0.717) is 18.8 Å². The zero-order valence-corrected chi connectivity index (χ0v) is 11.9. The first-order valence-corrected chi connectivity index (χ1v) is 6.96. The fraction of sp³-hybridized carbons (Fsp3) is 0.625. The maximum Gasteiger partial charge on any atom is 0.136 e. The Morgan fingerprint density at radius 3 is 2.11 bits per heavy atom. The standard InChI is InChI=1S/C16H25FO/c1-5-15(17)16(6-2)18-14-9-7-13(8-10-14)11-12(3)4/h7-10,12,15-16H,5-6,11H2,1-4H3. The molecule has 0 aliphatic rings. The van der Waals surface area contributed by atoms with Gasteiger partial charge in [-0.1, -0.05) is 39.8 Å². The summed E-state index contributed by atoms with van der Waals surface area (Å²) in [6, 6.07) is 8.04. The third-order valence-corrected chi connectivity index (χ3v) is 3.05. The summed E-state index contributed by atoms with van der Waals surface area (Å²) < 4.78 is 19.3. The molecular formula is C16H25FO. The Morgan fingerprint density at radius 1 is 1.06 bits per heavy atom. The Balaban J connectivity index is 2.62. The van der Waals surface area contributed by atoms with E-state index in [1.54, 1.807) is 0 Å². The minimum absolute atomic E-state index is 0.328. The van der Waals surface area contributed by atoms with E-state index in [-0.39, 0.29) is 6.10 Å². The molecule has 0 aliphatic heterocycles. The number of alkyl halides is 1. The van der Waals surface area contributed by atoms with Crippen LogP contribution in [0.2, 0.25) is 0 Å². The number of benzene rings is 1. The molecule has 102 valence electrons. The Morgan fingerprint density at radius 2 is 1.67 bits per heavy atom. The minimum Gasteiger partial charge on any atom is -0.487 e. The van der Waals surface area contributed by atoms with Crippen LogP contribution < -0.4 is 4.74 Å². The second-order valence-corrected chi connectivity index (χ2v) is 5.23. The minimum atomic E-state index is -0.884. The molecule has 1 aromatic carbocycles. The molecule has 1 aromatic rings. The molecule has 0 N–H and O–H groups in total. The summed E-state index contributed by atoms with van der Waals surface area (Å²) in [5.74, 6) is 1.42. The number of rotatable bonds is 7. The predicted octanol–water partition coefficient (Wildman–Crippen LogP) is 4.79. The highest BCUT2D eigenvalue weighted by Crippen LogP contribution is 2.20. The normalized spacial score (nSPS) is 14.6. The van der Waals surface area contributed by atoms with Crippen molar-refractivity contribution in [3.8, 4) is 5.75 Å². The monoisotopic (exact) mass is 252 g/mol. The van der Waals surface area contributed by atoms with Gasteiger partial charge in [-0.05, 0) is 42.9 Å². The fourth-order valence-electron chi connectivity index (χ4n) is 2.03. The van der Waals surface area contributed by atoms with Gasteiger partial charge in [-0.2, -0.15) is 0 Å². The average molecular weight is 252 g/mol. The highest BCUT2D eigenvalue weighted by atomic mass is 19.1. The topological polar surface area (TPSA) is 9.23 Å². The summed E-state index contributed by atoms with van der Waals surface area (Å²) in [5.41, 5.74) is 1.30. The van der Waals surface area contributed by atoms with Crippen LogP contribution >= 0.6 is 0 Å². The van der Waals surface area contributed by atoms with Gasteiger partial charge in [0.1, 0.15) is 18.0 Å². The summed E-state index contributed by atoms with van der Waals surface area (Å²) in [6.07, 6.45) is 1.06. The molecule has 1 nitrogen and oxygen atoms in total. The van der Waals surface area contributed by atoms with Gasteiger partial charge >= 0.3 is 0 Å². The van der Waals surface area contributed by atoms with E-state index >= 15 is 0 Å². The van der Waals surface area contributed by atoms with Gasteiger partial charge < -0.3 is 4.74 Å². The van der Waals surface area contributed by atoms with E-state index in [4.69, 9.17) is 4.74 Å². The maximum atomic E-state index is 13.6. The third-order valence-electron chi connectivity index (χ3n) is 3.05. The van der Waals surface area contributed by atoms with Gasteiger partial charge in [0.25, 0.3) is 0 Å². The quantitative estimate of drug-likeness (QED) is 0.678. The fourth-order valence-corrected chi connectivity index (χ4v) is 2.03. The smallest absolute Gasteiger partial charge is 0.136 e. The lowest BCUT2D eigenvalue weighted by Crippen LogP contribution is -2.27. The Hall–Kier alpha value is -1.05. The average Bonchev–Trinajstić information content (AvgIpc) is 2.36. The molecule has 2 unspecified atom stereocenters. The molecule has 0 saturated heterocycles. The van der Waals surface area contributed by atoms with Gasteiger partial charge in [0.2, 0.25) is 0 Å². The summed E-state index contributed by atoms with van der Waals surface area (Å²) in [4.78, 5) is 0. The molecule has 1 rings (SSSR count). The van der Waals surface area contributed by atoms with Gasteiger partial charge in [-0.15, -0.1) is 0 Å². The first-order chi connectivity index (χ1) is 8.56. The van der Waals surface area contributed by atoms with Crippen molar-refractivity contribution in [2.75, 3.05) is 0 Å². The van der Waals surface area contributed by atoms with Crippen LogP contribution in [0.15, 0.2) is 24.3 Å². The van der Waals surface area contributed by atoms with Crippen LogP contribution in [0.5, 0.6) is 5.75 Å². The molecule has 0 amide bonds. The highest BCUT2D eigenvalue weighted by Gasteiger charge is 2.19. The van der Waals surface area contributed by atoms with Crippen LogP contribution in [0.25, 0.3) is 0 Å². The predicted molar refractivity (Wildman–Crippen MR) is 74.9 cm³/mol. The third kappa shape index (κ3) is 4.67. The largest absolute Gasteiger partial charge is 0.487 e. The molecule has 0 aromatic heterocycles. The molecule has 0 bridgehead atoms. The van der Waals surface area contributed by atoms with Crippen molar-refractivity contribution in [3.05, 3.63) is 29.8 Å². The zero-order valence-electron chi connectivity index (χ0n) is 11.9. The number of ether oxygens (including phenoxy) is 1. The lowest BCUT2D eigenvalue weighted by atomic mass is 10.0. The van der Waals surface area contributed by atoms with Crippen molar-refractivity contribution in [3.63, 3.8) is 0 Å². The van der Waals surface area contributed by atoms with Crippen LogP contribution in [0.4, 0.5) is 4.39 Å². The SMILES string of the molecule is CCC(F)C(CC)Oc1ccc(CC(C)C)cc1. The molecule has 0 aliphatic carbocycles. The van der Waals surface area contributed by atoms with Gasteiger partial charge in [0.15, 0.2) is 0 Å². The Kier molecular flexibility index (Phi) is 6.17. The number of halogens is 1. The lowest BCUT2D eigenvalue weighted by molar-refractivity contribution is 0.0936. The molecule has 0 saturated carbocycles.